The van der Waals surface area contributed by atoms with Crippen molar-refractivity contribution in [1.82, 2.24) is 5.32 Å². The topological polar surface area (TPSA) is 47.6 Å². The van der Waals surface area contributed by atoms with Crippen LogP contribution in [-0.2, 0) is 6.42 Å². The van der Waals surface area contributed by atoms with Crippen LogP contribution < -0.4 is 14.8 Å². The minimum atomic E-state index is -0.116. The van der Waals surface area contributed by atoms with Crippen LogP contribution in [-0.4, -0.2) is 18.6 Å². The lowest BCUT2D eigenvalue weighted by molar-refractivity contribution is 0.0933. The summed E-state index contributed by atoms with van der Waals surface area (Å²) in [4.78, 5) is 12.3. The fraction of sp³-hybridized carbons (Fsp3) is 0.136. The van der Waals surface area contributed by atoms with Gasteiger partial charge >= 0.3 is 0 Å². The van der Waals surface area contributed by atoms with Crippen molar-refractivity contribution in [2.75, 3.05) is 6.54 Å². The third-order valence-corrected chi connectivity index (χ3v) is 5.05. The second-order valence-corrected chi connectivity index (χ2v) is 7.17. The summed E-state index contributed by atoms with van der Waals surface area (Å²) in [5.74, 6) is 2.31. The number of rotatable bonds is 5. The fourth-order valence-electron chi connectivity index (χ4n) is 3.05. The van der Waals surface area contributed by atoms with Crippen molar-refractivity contribution in [2.24, 2.45) is 0 Å². The number of carbonyl (C=O) groups excluding carboxylic acids is 1. The van der Waals surface area contributed by atoms with E-state index in [1.807, 2.05) is 66.7 Å². The molecule has 5 heteroatoms. The number of ether oxygens (including phenoxy) is 2. The summed E-state index contributed by atoms with van der Waals surface area (Å²) in [5.41, 5.74) is 1.70. The van der Waals surface area contributed by atoms with Gasteiger partial charge in [-0.2, -0.15) is 0 Å². The van der Waals surface area contributed by atoms with Gasteiger partial charge in [-0.3, -0.25) is 4.79 Å². The fourth-order valence-corrected chi connectivity index (χ4v) is 3.51. The van der Waals surface area contributed by atoms with Crippen LogP contribution in [0.25, 0.3) is 0 Å². The second kappa shape index (κ2) is 7.84. The first kappa shape index (κ1) is 17.6. The Labute approximate surface area is 166 Å². The lowest BCUT2D eigenvalue weighted by Crippen LogP contribution is -2.34. The van der Waals surface area contributed by atoms with Crippen molar-refractivity contribution in [3.8, 4) is 17.2 Å². The Morgan fingerprint density at radius 1 is 1.04 bits per heavy atom. The Kier molecular flexibility index (Phi) is 5.12. The molecule has 0 fully saturated rings. The van der Waals surface area contributed by atoms with Crippen LogP contribution in [0.1, 0.15) is 15.9 Å². The van der Waals surface area contributed by atoms with Gasteiger partial charge in [0.1, 0.15) is 23.4 Å². The lowest BCUT2D eigenvalue weighted by Gasteiger charge is -2.12. The summed E-state index contributed by atoms with van der Waals surface area (Å²) in [7, 11) is 0. The molecule has 27 heavy (non-hydrogen) atoms. The molecule has 0 radical (unpaired) electrons. The number of benzene rings is 3. The van der Waals surface area contributed by atoms with Crippen molar-refractivity contribution in [2.45, 2.75) is 12.5 Å². The SMILES string of the molecule is O=C(NCC1Cc2cc(Oc3ccccc3)ccc2O1)c1ccccc1Br. The van der Waals surface area contributed by atoms with Gasteiger partial charge in [0.25, 0.3) is 5.91 Å². The maximum Gasteiger partial charge on any atom is 0.252 e. The lowest BCUT2D eigenvalue weighted by atomic mass is 10.1. The van der Waals surface area contributed by atoms with Crippen LogP contribution in [0.4, 0.5) is 0 Å². The zero-order valence-corrected chi connectivity index (χ0v) is 16.1. The van der Waals surface area contributed by atoms with Gasteiger partial charge in [-0.1, -0.05) is 30.3 Å². The molecule has 0 saturated carbocycles. The molecule has 1 amide bonds. The van der Waals surface area contributed by atoms with Gasteiger partial charge in [-0.25, -0.2) is 0 Å². The van der Waals surface area contributed by atoms with Crippen molar-refractivity contribution in [1.29, 1.82) is 0 Å². The minimum absolute atomic E-state index is 0.0848. The average molecular weight is 424 g/mol. The highest BCUT2D eigenvalue weighted by atomic mass is 79.9. The highest BCUT2D eigenvalue weighted by Crippen LogP contribution is 2.33. The summed E-state index contributed by atoms with van der Waals surface area (Å²) in [6, 6.07) is 22.9. The Hall–Kier alpha value is -2.79. The molecule has 136 valence electrons. The van der Waals surface area contributed by atoms with E-state index in [1.165, 1.54) is 0 Å². The molecular weight excluding hydrogens is 406 g/mol. The first-order chi connectivity index (χ1) is 13.2. The predicted octanol–water partition coefficient (Wildman–Crippen LogP) is 4.97. The highest BCUT2D eigenvalue weighted by molar-refractivity contribution is 9.10. The summed E-state index contributed by atoms with van der Waals surface area (Å²) >= 11 is 3.40. The first-order valence-corrected chi connectivity index (χ1v) is 9.53. The van der Waals surface area contributed by atoms with Gasteiger partial charge in [0.2, 0.25) is 0 Å². The Bertz CT molecular complexity index is 959. The monoisotopic (exact) mass is 423 g/mol. The third-order valence-electron chi connectivity index (χ3n) is 4.36. The Morgan fingerprint density at radius 3 is 2.63 bits per heavy atom. The Morgan fingerprint density at radius 2 is 1.81 bits per heavy atom. The maximum atomic E-state index is 12.3. The first-order valence-electron chi connectivity index (χ1n) is 8.74. The number of hydrogen-bond acceptors (Lipinski definition) is 3. The van der Waals surface area contributed by atoms with E-state index < -0.39 is 0 Å². The van der Waals surface area contributed by atoms with Crippen LogP contribution in [0, 0.1) is 0 Å². The van der Waals surface area contributed by atoms with Gasteiger partial charge in [0, 0.05) is 16.5 Å². The summed E-state index contributed by atoms with van der Waals surface area (Å²) in [5, 5.41) is 2.95. The van der Waals surface area contributed by atoms with Crippen molar-refractivity contribution >= 4 is 21.8 Å². The van der Waals surface area contributed by atoms with Gasteiger partial charge < -0.3 is 14.8 Å². The van der Waals surface area contributed by atoms with E-state index in [1.54, 1.807) is 6.07 Å². The molecule has 1 atom stereocenters. The minimum Gasteiger partial charge on any atom is -0.488 e. The molecule has 0 spiro atoms. The quantitative estimate of drug-likeness (QED) is 0.629. The molecule has 4 rings (SSSR count). The number of hydrogen-bond donors (Lipinski definition) is 1. The van der Waals surface area contributed by atoms with E-state index in [0.29, 0.717) is 12.1 Å². The van der Waals surface area contributed by atoms with Crippen molar-refractivity contribution in [3.63, 3.8) is 0 Å². The van der Waals surface area contributed by atoms with E-state index in [9.17, 15) is 4.79 Å². The number of fused-ring (bicyclic) bond motifs is 1. The largest absolute Gasteiger partial charge is 0.488 e. The smallest absolute Gasteiger partial charge is 0.252 e. The van der Waals surface area contributed by atoms with Gasteiger partial charge in [0.15, 0.2) is 0 Å². The third kappa shape index (κ3) is 4.14. The molecule has 1 N–H and O–H groups in total. The number of nitrogens with one attached hydrogen (secondary N) is 1. The molecule has 4 nitrogen and oxygen atoms in total. The van der Waals surface area contributed by atoms with Crippen LogP contribution >= 0.6 is 15.9 Å². The summed E-state index contributed by atoms with van der Waals surface area (Å²) in [6.07, 6.45) is 0.649. The zero-order chi connectivity index (χ0) is 18.6. The van der Waals surface area contributed by atoms with E-state index >= 15 is 0 Å². The normalized spacial score (nSPS) is 14.9. The predicted molar refractivity (Wildman–Crippen MR) is 108 cm³/mol. The van der Waals surface area contributed by atoms with Crippen LogP contribution in [0.2, 0.25) is 0 Å². The molecule has 0 bridgehead atoms. The van der Waals surface area contributed by atoms with Crippen LogP contribution in [0.15, 0.2) is 77.3 Å². The average Bonchev–Trinajstić information content (AvgIpc) is 3.09. The van der Waals surface area contributed by atoms with E-state index in [-0.39, 0.29) is 12.0 Å². The van der Waals surface area contributed by atoms with Crippen molar-refractivity contribution < 1.29 is 14.3 Å². The standard InChI is InChI=1S/C22H18BrNO3/c23-20-9-5-4-8-19(20)22(25)24-14-18-13-15-12-17(10-11-21(15)27-18)26-16-6-2-1-3-7-16/h1-12,18H,13-14H2,(H,24,25). The molecule has 1 unspecified atom stereocenters. The summed E-state index contributed by atoms with van der Waals surface area (Å²) < 4.78 is 12.6. The van der Waals surface area contributed by atoms with Crippen molar-refractivity contribution in [3.05, 3.63) is 88.4 Å². The van der Waals surface area contributed by atoms with Gasteiger partial charge in [-0.15, -0.1) is 0 Å². The summed E-state index contributed by atoms with van der Waals surface area (Å²) in [6.45, 7) is 0.448. The molecule has 3 aromatic carbocycles. The van der Waals surface area contributed by atoms with E-state index in [4.69, 9.17) is 9.47 Å². The molecule has 0 aliphatic carbocycles. The molecule has 3 aromatic rings. The number of para-hydroxylation sites is 1. The van der Waals surface area contributed by atoms with Gasteiger partial charge in [0.05, 0.1) is 12.1 Å². The number of halogens is 1. The van der Waals surface area contributed by atoms with Gasteiger partial charge in [-0.05, 0) is 58.4 Å². The van der Waals surface area contributed by atoms with Crippen LogP contribution in [0.5, 0.6) is 17.2 Å². The Balaban J connectivity index is 1.37. The molecule has 1 heterocycles. The number of carbonyl (C=O) groups is 1. The molecular formula is C22H18BrNO3. The van der Waals surface area contributed by atoms with E-state index in [0.717, 1.165) is 33.7 Å². The number of amides is 1. The maximum absolute atomic E-state index is 12.3. The zero-order valence-electron chi connectivity index (χ0n) is 14.5. The van der Waals surface area contributed by atoms with Crippen LogP contribution in [0.3, 0.4) is 0 Å². The molecule has 1 aliphatic heterocycles. The molecule has 0 aromatic heterocycles. The highest BCUT2D eigenvalue weighted by Gasteiger charge is 2.24. The second-order valence-electron chi connectivity index (χ2n) is 6.32. The van der Waals surface area contributed by atoms with E-state index in [2.05, 4.69) is 21.2 Å². The molecule has 0 saturated heterocycles. The molecule has 1 aliphatic rings.